The molecule has 0 spiro atoms. The summed E-state index contributed by atoms with van der Waals surface area (Å²) in [5.74, 6) is -1.63. The van der Waals surface area contributed by atoms with Crippen LogP contribution in [-0.2, 0) is 4.79 Å². The third-order valence-electron chi connectivity index (χ3n) is 3.42. The highest BCUT2D eigenvalue weighted by atomic mass is 19.4. The number of carbonyl (C=O) groups excluding carboxylic acids is 1. The van der Waals surface area contributed by atoms with Crippen molar-refractivity contribution in [2.75, 3.05) is 26.7 Å². The molecule has 2 unspecified atom stereocenters. The van der Waals surface area contributed by atoms with Gasteiger partial charge in [0.2, 0.25) is 0 Å². The number of halogens is 3. The van der Waals surface area contributed by atoms with Crippen molar-refractivity contribution in [3.8, 4) is 0 Å². The second-order valence-electron chi connectivity index (χ2n) is 5.13. The zero-order valence-electron chi connectivity index (χ0n) is 11.0. The Labute approximate surface area is 111 Å². The maximum Gasteiger partial charge on any atom is 0.471 e. The summed E-state index contributed by atoms with van der Waals surface area (Å²) in [6.07, 6.45) is -1.74. The molecule has 112 valence electrons. The van der Waals surface area contributed by atoms with E-state index in [4.69, 9.17) is 0 Å². The summed E-state index contributed by atoms with van der Waals surface area (Å²) in [5.41, 5.74) is 0. The van der Waals surface area contributed by atoms with Gasteiger partial charge in [0.05, 0.1) is 6.10 Å². The van der Waals surface area contributed by atoms with Crippen molar-refractivity contribution < 1.29 is 23.1 Å². The molecule has 1 rings (SSSR count). The number of nitrogens with zero attached hydrogens (tertiary/aromatic N) is 1. The molecule has 0 aliphatic heterocycles. The maximum absolute atomic E-state index is 11.9. The van der Waals surface area contributed by atoms with E-state index in [1.807, 2.05) is 17.3 Å². The summed E-state index contributed by atoms with van der Waals surface area (Å²) in [6.45, 7) is 1.35. The number of alkyl halides is 3. The normalized spacial score (nSPS) is 23.9. The van der Waals surface area contributed by atoms with Crippen molar-refractivity contribution in [3.63, 3.8) is 0 Å². The third-order valence-corrected chi connectivity index (χ3v) is 3.42. The van der Waals surface area contributed by atoms with E-state index in [-0.39, 0.29) is 18.6 Å². The van der Waals surface area contributed by atoms with E-state index in [0.717, 1.165) is 25.8 Å². The molecule has 1 amide bonds. The van der Waals surface area contributed by atoms with E-state index < -0.39 is 12.1 Å². The van der Waals surface area contributed by atoms with Crippen molar-refractivity contribution in [1.29, 1.82) is 0 Å². The summed E-state index contributed by atoms with van der Waals surface area (Å²) in [7, 11) is 1.87. The number of hydrogen-bond acceptors (Lipinski definition) is 3. The molecule has 2 N–H and O–H groups in total. The monoisotopic (exact) mass is 282 g/mol. The minimum absolute atomic E-state index is 0.00982. The molecule has 7 heteroatoms. The fraction of sp³-hybridized carbons (Fsp3) is 0.917. The van der Waals surface area contributed by atoms with Gasteiger partial charge in [0.1, 0.15) is 0 Å². The predicted octanol–water partition coefficient (Wildman–Crippen LogP) is 1.15. The smallest absolute Gasteiger partial charge is 0.393 e. The first-order valence-electron chi connectivity index (χ1n) is 6.52. The van der Waals surface area contributed by atoms with Gasteiger partial charge in [-0.3, -0.25) is 4.79 Å². The quantitative estimate of drug-likeness (QED) is 0.719. The van der Waals surface area contributed by atoms with Crippen LogP contribution in [0.25, 0.3) is 0 Å². The highest BCUT2D eigenvalue weighted by Gasteiger charge is 2.38. The minimum Gasteiger partial charge on any atom is -0.393 e. The lowest BCUT2D eigenvalue weighted by Gasteiger charge is -2.23. The van der Waals surface area contributed by atoms with Gasteiger partial charge in [0.25, 0.3) is 0 Å². The summed E-state index contributed by atoms with van der Waals surface area (Å²) < 4.78 is 35.7. The van der Waals surface area contributed by atoms with Crippen LogP contribution in [0.3, 0.4) is 0 Å². The van der Waals surface area contributed by atoms with Gasteiger partial charge >= 0.3 is 12.1 Å². The number of hydrogen-bond donors (Lipinski definition) is 2. The van der Waals surface area contributed by atoms with Gasteiger partial charge in [0.15, 0.2) is 0 Å². The van der Waals surface area contributed by atoms with Gasteiger partial charge in [-0.15, -0.1) is 0 Å². The van der Waals surface area contributed by atoms with Crippen LogP contribution in [0.4, 0.5) is 13.2 Å². The molecule has 19 heavy (non-hydrogen) atoms. The van der Waals surface area contributed by atoms with E-state index in [0.29, 0.717) is 13.0 Å². The van der Waals surface area contributed by atoms with Crippen LogP contribution in [0.5, 0.6) is 0 Å². The van der Waals surface area contributed by atoms with Crippen LogP contribution in [0.15, 0.2) is 0 Å². The Balaban J connectivity index is 2.10. The molecule has 0 heterocycles. The Morgan fingerprint density at radius 2 is 2.11 bits per heavy atom. The number of aliphatic hydroxyl groups is 1. The van der Waals surface area contributed by atoms with Gasteiger partial charge < -0.3 is 15.3 Å². The maximum atomic E-state index is 11.9. The van der Waals surface area contributed by atoms with Crippen LogP contribution in [0, 0.1) is 5.92 Å². The van der Waals surface area contributed by atoms with E-state index >= 15 is 0 Å². The minimum atomic E-state index is -4.81. The summed E-state index contributed by atoms with van der Waals surface area (Å²) >= 11 is 0. The van der Waals surface area contributed by atoms with Gasteiger partial charge in [-0.1, -0.05) is 6.42 Å². The first kappa shape index (κ1) is 16.2. The van der Waals surface area contributed by atoms with Crippen LogP contribution < -0.4 is 5.32 Å². The van der Waals surface area contributed by atoms with Crippen molar-refractivity contribution in [3.05, 3.63) is 0 Å². The molecule has 0 aromatic rings. The van der Waals surface area contributed by atoms with Crippen LogP contribution >= 0.6 is 0 Å². The fourth-order valence-corrected chi connectivity index (χ4v) is 2.37. The Morgan fingerprint density at radius 1 is 1.42 bits per heavy atom. The van der Waals surface area contributed by atoms with E-state index in [1.54, 1.807) is 0 Å². The Bertz CT molecular complexity index is 297. The molecule has 4 nitrogen and oxygen atoms in total. The number of amides is 1. The topological polar surface area (TPSA) is 52.6 Å². The van der Waals surface area contributed by atoms with Gasteiger partial charge in [-0.05, 0) is 38.8 Å². The zero-order chi connectivity index (χ0) is 14.5. The average molecular weight is 282 g/mol. The number of rotatable bonds is 6. The molecule has 0 radical (unpaired) electrons. The molecular formula is C12H21F3N2O2. The molecule has 0 aromatic heterocycles. The van der Waals surface area contributed by atoms with Crippen LogP contribution in [0.1, 0.15) is 25.7 Å². The van der Waals surface area contributed by atoms with Crippen molar-refractivity contribution in [1.82, 2.24) is 10.2 Å². The fourth-order valence-electron chi connectivity index (χ4n) is 2.37. The Morgan fingerprint density at radius 3 is 2.63 bits per heavy atom. The van der Waals surface area contributed by atoms with Crippen LogP contribution in [0.2, 0.25) is 0 Å². The van der Waals surface area contributed by atoms with Crippen LogP contribution in [-0.4, -0.2) is 54.9 Å². The van der Waals surface area contributed by atoms with E-state index in [1.165, 1.54) is 0 Å². The SMILES string of the molecule is CN(CCCNC(=O)C(F)(F)F)CC1CCCC1O. The molecule has 1 saturated carbocycles. The second-order valence-corrected chi connectivity index (χ2v) is 5.13. The molecule has 0 aromatic carbocycles. The number of nitrogens with one attached hydrogen (secondary N) is 1. The summed E-state index contributed by atoms with van der Waals surface area (Å²) in [5, 5.41) is 11.5. The second kappa shape index (κ2) is 7.09. The van der Waals surface area contributed by atoms with E-state index in [9.17, 15) is 23.1 Å². The van der Waals surface area contributed by atoms with Crippen molar-refractivity contribution in [2.24, 2.45) is 5.92 Å². The predicted molar refractivity (Wildman–Crippen MR) is 64.5 cm³/mol. The zero-order valence-corrected chi connectivity index (χ0v) is 11.0. The third kappa shape index (κ3) is 5.78. The lowest BCUT2D eigenvalue weighted by Crippen LogP contribution is -2.38. The molecule has 1 aliphatic carbocycles. The Hall–Kier alpha value is -0.820. The molecule has 0 bridgehead atoms. The molecule has 2 atom stereocenters. The number of aliphatic hydroxyl groups excluding tert-OH is 1. The van der Waals surface area contributed by atoms with E-state index in [2.05, 4.69) is 0 Å². The first-order valence-corrected chi connectivity index (χ1v) is 6.52. The standard InChI is InChI=1S/C12H21F3N2O2/c1-17(8-9-4-2-5-10(9)18)7-3-6-16-11(19)12(13,14)15/h9-10,18H,2-8H2,1H3,(H,16,19). The van der Waals surface area contributed by atoms with Gasteiger partial charge in [-0.2, -0.15) is 13.2 Å². The highest BCUT2D eigenvalue weighted by Crippen LogP contribution is 2.25. The molecular weight excluding hydrogens is 261 g/mol. The highest BCUT2D eigenvalue weighted by molar-refractivity contribution is 5.81. The van der Waals surface area contributed by atoms with Crippen molar-refractivity contribution >= 4 is 5.91 Å². The lowest BCUT2D eigenvalue weighted by molar-refractivity contribution is -0.173. The average Bonchev–Trinajstić information content (AvgIpc) is 2.69. The Kier molecular flexibility index (Phi) is 6.06. The molecule has 0 saturated heterocycles. The van der Waals surface area contributed by atoms with Crippen molar-refractivity contribution in [2.45, 2.75) is 38.0 Å². The largest absolute Gasteiger partial charge is 0.471 e. The van der Waals surface area contributed by atoms with Gasteiger partial charge in [0, 0.05) is 13.1 Å². The number of carbonyl (C=O) groups is 1. The summed E-state index contributed by atoms with van der Waals surface area (Å²) in [6, 6.07) is 0. The molecule has 1 fully saturated rings. The summed E-state index contributed by atoms with van der Waals surface area (Å²) in [4.78, 5) is 12.5. The molecule has 1 aliphatic rings. The first-order chi connectivity index (χ1) is 8.80. The van der Waals surface area contributed by atoms with Gasteiger partial charge in [-0.25, -0.2) is 0 Å². The lowest BCUT2D eigenvalue weighted by atomic mass is 10.1.